The van der Waals surface area contributed by atoms with E-state index in [1.165, 1.54) is 0 Å². The summed E-state index contributed by atoms with van der Waals surface area (Å²) in [4.78, 5) is 4.52. The van der Waals surface area contributed by atoms with Crippen LogP contribution in [0.1, 0.15) is 11.3 Å². The van der Waals surface area contributed by atoms with E-state index < -0.39 is 0 Å². The first-order valence-electron chi connectivity index (χ1n) is 7.13. The van der Waals surface area contributed by atoms with Gasteiger partial charge in [-0.1, -0.05) is 30.3 Å². The molecule has 0 atom stereocenters. The van der Waals surface area contributed by atoms with Crippen molar-refractivity contribution in [1.82, 2.24) is 4.98 Å². The molecule has 0 aliphatic rings. The van der Waals surface area contributed by atoms with Crippen molar-refractivity contribution in [3.8, 4) is 5.75 Å². The molecule has 0 amide bonds. The number of hydrogen-bond acceptors (Lipinski definition) is 4. The van der Waals surface area contributed by atoms with Crippen LogP contribution in [-0.2, 0) is 6.54 Å². The summed E-state index contributed by atoms with van der Waals surface area (Å²) < 4.78 is 5.28. The second-order valence-corrected chi connectivity index (χ2v) is 5.05. The molecule has 3 aromatic rings. The number of pyridine rings is 1. The molecule has 0 saturated heterocycles. The number of methoxy groups -OCH3 is 1. The molecule has 0 aliphatic carbocycles. The molecule has 22 heavy (non-hydrogen) atoms. The molecule has 110 valence electrons. The number of rotatable bonds is 4. The quantitative estimate of drug-likeness (QED) is 0.646. The summed E-state index contributed by atoms with van der Waals surface area (Å²) in [5.74, 6) is 0.790. The minimum absolute atomic E-state index is 0.563. The monoisotopic (exact) mass is 291 g/mol. The van der Waals surface area contributed by atoms with Gasteiger partial charge in [-0.25, -0.2) is 0 Å². The second kappa shape index (κ2) is 6.35. The van der Waals surface area contributed by atoms with Crippen LogP contribution in [0.2, 0.25) is 0 Å². The second-order valence-electron chi connectivity index (χ2n) is 5.05. The highest BCUT2D eigenvalue weighted by molar-refractivity contribution is 5.90. The molecular formula is C18H17N3O. The number of azo groups is 1. The Hall–Kier alpha value is -2.75. The number of aromatic nitrogens is 1. The van der Waals surface area contributed by atoms with Gasteiger partial charge in [0.05, 0.1) is 24.9 Å². The molecule has 1 heterocycles. The van der Waals surface area contributed by atoms with Crippen molar-refractivity contribution >= 4 is 16.6 Å². The predicted molar refractivity (Wildman–Crippen MR) is 87.7 cm³/mol. The molecule has 0 spiro atoms. The van der Waals surface area contributed by atoms with Crippen molar-refractivity contribution < 1.29 is 4.74 Å². The van der Waals surface area contributed by atoms with Crippen molar-refractivity contribution in [3.63, 3.8) is 0 Å². The molecule has 0 fully saturated rings. The van der Waals surface area contributed by atoms with E-state index in [4.69, 9.17) is 4.74 Å². The van der Waals surface area contributed by atoms with Crippen molar-refractivity contribution in [2.45, 2.75) is 13.5 Å². The van der Waals surface area contributed by atoms with Crippen molar-refractivity contribution in [1.29, 1.82) is 0 Å². The highest BCUT2D eigenvalue weighted by Crippen LogP contribution is 2.29. The fourth-order valence-corrected chi connectivity index (χ4v) is 2.30. The first kappa shape index (κ1) is 14.2. The highest BCUT2D eigenvalue weighted by Gasteiger charge is 2.05. The summed E-state index contributed by atoms with van der Waals surface area (Å²) in [7, 11) is 1.65. The minimum atomic E-state index is 0.563. The molecule has 0 aliphatic heterocycles. The van der Waals surface area contributed by atoms with Crippen molar-refractivity contribution in [2.75, 3.05) is 7.11 Å². The third-order valence-corrected chi connectivity index (χ3v) is 3.40. The van der Waals surface area contributed by atoms with E-state index in [0.717, 1.165) is 33.6 Å². The lowest BCUT2D eigenvalue weighted by Gasteiger charge is -2.05. The van der Waals surface area contributed by atoms with Crippen LogP contribution in [-0.4, -0.2) is 12.1 Å². The Morgan fingerprint density at radius 1 is 1.05 bits per heavy atom. The molecule has 4 heteroatoms. The van der Waals surface area contributed by atoms with Crippen LogP contribution >= 0.6 is 0 Å². The highest BCUT2D eigenvalue weighted by atomic mass is 16.5. The summed E-state index contributed by atoms with van der Waals surface area (Å²) in [5.41, 5.74) is 3.78. The fourth-order valence-electron chi connectivity index (χ4n) is 2.30. The molecule has 3 rings (SSSR count). The third kappa shape index (κ3) is 3.11. The smallest absolute Gasteiger partial charge is 0.119 e. The molecular weight excluding hydrogens is 274 g/mol. The Morgan fingerprint density at radius 3 is 2.64 bits per heavy atom. The number of aryl methyl sites for hydroxylation is 1. The van der Waals surface area contributed by atoms with Crippen LogP contribution in [0.4, 0.5) is 5.69 Å². The lowest BCUT2D eigenvalue weighted by atomic mass is 10.1. The van der Waals surface area contributed by atoms with Crippen LogP contribution in [0.3, 0.4) is 0 Å². The normalized spacial score (nSPS) is 11.2. The predicted octanol–water partition coefficient (Wildman–Crippen LogP) is 4.84. The maximum Gasteiger partial charge on any atom is 0.119 e. The third-order valence-electron chi connectivity index (χ3n) is 3.40. The molecule has 0 radical (unpaired) electrons. The Bertz CT molecular complexity index is 813. The summed E-state index contributed by atoms with van der Waals surface area (Å²) in [6.45, 7) is 2.52. The van der Waals surface area contributed by atoms with Crippen LogP contribution in [0.25, 0.3) is 10.9 Å². The SMILES string of the molecule is COc1ccc2nc(C)cc(N=NCc3ccccc3)c2c1. The van der Waals surface area contributed by atoms with Gasteiger partial charge in [0, 0.05) is 11.1 Å². The van der Waals surface area contributed by atoms with E-state index in [1.54, 1.807) is 7.11 Å². The van der Waals surface area contributed by atoms with Gasteiger partial charge in [-0.2, -0.15) is 10.2 Å². The molecule has 0 saturated carbocycles. The van der Waals surface area contributed by atoms with E-state index in [-0.39, 0.29) is 0 Å². The first-order valence-corrected chi connectivity index (χ1v) is 7.13. The number of ether oxygens (including phenoxy) is 1. The summed E-state index contributed by atoms with van der Waals surface area (Å²) in [5, 5.41) is 9.66. The zero-order valence-corrected chi connectivity index (χ0v) is 12.7. The van der Waals surface area contributed by atoms with E-state index in [2.05, 4.69) is 15.2 Å². The van der Waals surface area contributed by atoms with Gasteiger partial charge in [-0.15, -0.1) is 0 Å². The lowest BCUT2D eigenvalue weighted by molar-refractivity contribution is 0.415. The molecule has 1 aromatic heterocycles. The number of nitrogens with zero attached hydrogens (tertiary/aromatic N) is 3. The van der Waals surface area contributed by atoms with Crippen molar-refractivity contribution in [3.05, 3.63) is 65.9 Å². The molecule has 2 aromatic carbocycles. The summed E-state index contributed by atoms with van der Waals surface area (Å²) in [6.07, 6.45) is 0. The molecule has 4 nitrogen and oxygen atoms in total. The van der Waals surface area contributed by atoms with Gasteiger partial charge in [-0.05, 0) is 36.8 Å². The Balaban J connectivity index is 1.95. The zero-order chi connectivity index (χ0) is 15.4. The average Bonchev–Trinajstić information content (AvgIpc) is 2.55. The van der Waals surface area contributed by atoms with E-state index >= 15 is 0 Å². The van der Waals surface area contributed by atoms with Crippen LogP contribution in [0.5, 0.6) is 5.75 Å². The van der Waals surface area contributed by atoms with E-state index in [9.17, 15) is 0 Å². The Morgan fingerprint density at radius 2 is 1.86 bits per heavy atom. The summed E-state index contributed by atoms with van der Waals surface area (Å²) >= 11 is 0. The van der Waals surface area contributed by atoms with Crippen LogP contribution < -0.4 is 4.74 Å². The van der Waals surface area contributed by atoms with Gasteiger partial charge in [0.2, 0.25) is 0 Å². The topological polar surface area (TPSA) is 46.8 Å². The molecule has 0 bridgehead atoms. The average molecular weight is 291 g/mol. The van der Waals surface area contributed by atoms with Gasteiger partial charge in [-0.3, -0.25) is 4.98 Å². The Labute approximate surface area is 129 Å². The maximum atomic E-state index is 5.28. The van der Waals surface area contributed by atoms with Gasteiger partial charge >= 0.3 is 0 Å². The number of hydrogen-bond donors (Lipinski definition) is 0. The van der Waals surface area contributed by atoms with Gasteiger partial charge in [0.25, 0.3) is 0 Å². The standard InChI is InChI=1S/C18H17N3O/c1-13-10-18(21-19-12-14-6-4-3-5-7-14)16-11-15(22-2)8-9-17(16)20-13/h3-11H,12H2,1-2H3. The fraction of sp³-hybridized carbons (Fsp3) is 0.167. The number of fused-ring (bicyclic) bond motifs is 1. The zero-order valence-electron chi connectivity index (χ0n) is 12.7. The first-order chi connectivity index (χ1) is 10.8. The molecule has 0 N–H and O–H groups in total. The van der Waals surface area contributed by atoms with Crippen LogP contribution in [0.15, 0.2) is 64.8 Å². The maximum absolute atomic E-state index is 5.28. The summed E-state index contributed by atoms with van der Waals surface area (Å²) in [6, 6.07) is 17.8. The minimum Gasteiger partial charge on any atom is -0.497 e. The van der Waals surface area contributed by atoms with Crippen LogP contribution in [0, 0.1) is 6.92 Å². The van der Waals surface area contributed by atoms with Crippen molar-refractivity contribution in [2.24, 2.45) is 10.2 Å². The van der Waals surface area contributed by atoms with Gasteiger partial charge < -0.3 is 4.74 Å². The van der Waals surface area contributed by atoms with Gasteiger partial charge in [0.1, 0.15) is 5.75 Å². The lowest BCUT2D eigenvalue weighted by Crippen LogP contribution is -1.87. The largest absolute Gasteiger partial charge is 0.497 e. The number of benzene rings is 2. The van der Waals surface area contributed by atoms with E-state index in [0.29, 0.717) is 6.54 Å². The van der Waals surface area contributed by atoms with Gasteiger partial charge in [0.15, 0.2) is 0 Å². The Kier molecular flexibility index (Phi) is 4.10. The molecule has 0 unspecified atom stereocenters. The van der Waals surface area contributed by atoms with E-state index in [1.807, 2.05) is 61.5 Å².